The molecule has 0 saturated carbocycles. The molecule has 5 heteroatoms. The molecule has 92 valence electrons. The van der Waals surface area contributed by atoms with Crippen LogP contribution in [0.2, 0.25) is 0 Å². The summed E-state index contributed by atoms with van der Waals surface area (Å²) in [6, 6.07) is 0.158. The zero-order valence-electron chi connectivity index (χ0n) is 9.69. The van der Waals surface area contributed by atoms with Crippen molar-refractivity contribution < 1.29 is 4.79 Å². The van der Waals surface area contributed by atoms with Crippen molar-refractivity contribution in [2.75, 3.05) is 0 Å². The van der Waals surface area contributed by atoms with E-state index in [9.17, 15) is 4.79 Å². The standard InChI is InChI=1S/C10H18N4O.CH4/c1-7(2)9-5-14(13-12-9)6-10(15)11-8(3)4;/h5,7-8H,6H2,1-4H3,(H,11,15);1H4. The quantitative estimate of drug-likeness (QED) is 0.847. The summed E-state index contributed by atoms with van der Waals surface area (Å²) in [5.41, 5.74) is 0.910. The van der Waals surface area contributed by atoms with Gasteiger partial charge in [0.2, 0.25) is 5.91 Å². The molecule has 0 aromatic carbocycles. The monoisotopic (exact) mass is 226 g/mol. The third kappa shape index (κ3) is 4.42. The first kappa shape index (κ1) is 14.6. The Morgan fingerprint density at radius 2 is 2.06 bits per heavy atom. The van der Waals surface area contributed by atoms with Gasteiger partial charge in [0.25, 0.3) is 0 Å². The molecule has 16 heavy (non-hydrogen) atoms. The molecule has 1 aromatic rings. The van der Waals surface area contributed by atoms with Gasteiger partial charge in [0.15, 0.2) is 0 Å². The minimum Gasteiger partial charge on any atom is -0.352 e. The topological polar surface area (TPSA) is 59.8 Å². The molecule has 0 aliphatic carbocycles. The lowest BCUT2D eigenvalue weighted by Crippen LogP contribution is -2.33. The molecule has 0 spiro atoms. The molecular formula is C11H22N4O. The molecule has 1 aromatic heterocycles. The molecule has 0 saturated heterocycles. The molecule has 1 amide bonds. The number of carbonyl (C=O) groups is 1. The summed E-state index contributed by atoms with van der Waals surface area (Å²) >= 11 is 0. The van der Waals surface area contributed by atoms with Crippen LogP contribution >= 0.6 is 0 Å². The molecule has 1 N–H and O–H groups in total. The largest absolute Gasteiger partial charge is 0.352 e. The summed E-state index contributed by atoms with van der Waals surface area (Å²) in [4.78, 5) is 11.4. The van der Waals surface area contributed by atoms with Gasteiger partial charge in [0, 0.05) is 12.2 Å². The van der Waals surface area contributed by atoms with Crippen molar-refractivity contribution in [3.05, 3.63) is 11.9 Å². The van der Waals surface area contributed by atoms with Gasteiger partial charge in [0.05, 0.1) is 5.69 Å². The van der Waals surface area contributed by atoms with Crippen LogP contribution in [0.15, 0.2) is 6.20 Å². The fraction of sp³-hybridized carbons (Fsp3) is 0.727. The molecule has 0 radical (unpaired) electrons. The van der Waals surface area contributed by atoms with E-state index in [-0.39, 0.29) is 25.9 Å². The summed E-state index contributed by atoms with van der Waals surface area (Å²) in [6.45, 7) is 8.18. The maximum Gasteiger partial charge on any atom is 0.241 e. The fourth-order valence-corrected chi connectivity index (χ4v) is 1.17. The summed E-state index contributed by atoms with van der Waals surface area (Å²) in [7, 11) is 0. The number of nitrogens with one attached hydrogen (secondary N) is 1. The number of carbonyl (C=O) groups excluding carboxylic acids is 1. The Kier molecular flexibility index (Phi) is 5.71. The molecule has 1 heterocycles. The minimum atomic E-state index is -0.0368. The molecule has 0 unspecified atom stereocenters. The van der Waals surface area contributed by atoms with Crippen LogP contribution in [-0.4, -0.2) is 26.9 Å². The SMILES string of the molecule is C.CC(C)NC(=O)Cn1cc(C(C)C)nn1. The summed E-state index contributed by atoms with van der Waals surface area (Å²) in [5, 5.41) is 10.7. The Labute approximate surface area is 97.2 Å². The summed E-state index contributed by atoms with van der Waals surface area (Å²) in [5.74, 6) is 0.303. The van der Waals surface area contributed by atoms with E-state index < -0.39 is 0 Å². The lowest BCUT2D eigenvalue weighted by molar-refractivity contribution is -0.122. The van der Waals surface area contributed by atoms with Crippen LogP contribution in [0.5, 0.6) is 0 Å². The van der Waals surface area contributed by atoms with Crippen LogP contribution in [0.1, 0.15) is 46.7 Å². The highest BCUT2D eigenvalue weighted by Crippen LogP contribution is 2.08. The van der Waals surface area contributed by atoms with E-state index in [1.807, 2.05) is 33.9 Å². The second kappa shape index (κ2) is 6.25. The smallest absolute Gasteiger partial charge is 0.241 e. The van der Waals surface area contributed by atoms with Gasteiger partial charge in [0.1, 0.15) is 6.54 Å². The van der Waals surface area contributed by atoms with Gasteiger partial charge in [-0.3, -0.25) is 4.79 Å². The van der Waals surface area contributed by atoms with Crippen LogP contribution < -0.4 is 5.32 Å². The van der Waals surface area contributed by atoms with Gasteiger partial charge in [-0.1, -0.05) is 26.5 Å². The molecule has 0 aliphatic heterocycles. The van der Waals surface area contributed by atoms with Crippen molar-refractivity contribution >= 4 is 5.91 Å². The highest BCUT2D eigenvalue weighted by molar-refractivity contribution is 5.75. The van der Waals surface area contributed by atoms with Gasteiger partial charge < -0.3 is 5.32 Å². The van der Waals surface area contributed by atoms with Crippen LogP contribution in [0.4, 0.5) is 0 Å². The Morgan fingerprint density at radius 3 is 2.50 bits per heavy atom. The molecule has 0 atom stereocenters. The van der Waals surface area contributed by atoms with Gasteiger partial charge in [-0.25, -0.2) is 4.68 Å². The first-order valence-corrected chi connectivity index (χ1v) is 5.18. The average molecular weight is 226 g/mol. The van der Waals surface area contributed by atoms with Gasteiger partial charge in [-0.15, -0.1) is 5.10 Å². The highest BCUT2D eigenvalue weighted by Gasteiger charge is 2.08. The number of nitrogens with zero attached hydrogens (tertiary/aromatic N) is 3. The highest BCUT2D eigenvalue weighted by atomic mass is 16.2. The Balaban J connectivity index is 0.00000225. The summed E-state index contributed by atoms with van der Waals surface area (Å²) in [6.07, 6.45) is 1.81. The number of rotatable bonds is 4. The lowest BCUT2D eigenvalue weighted by atomic mass is 10.2. The predicted molar refractivity (Wildman–Crippen MR) is 64.1 cm³/mol. The second-order valence-corrected chi connectivity index (χ2v) is 4.22. The van der Waals surface area contributed by atoms with E-state index in [4.69, 9.17) is 0 Å². The van der Waals surface area contributed by atoms with Gasteiger partial charge in [-0.05, 0) is 19.8 Å². The minimum absolute atomic E-state index is 0. The van der Waals surface area contributed by atoms with Crippen molar-refractivity contribution in [2.45, 2.75) is 53.6 Å². The Bertz CT molecular complexity index is 330. The first-order valence-electron chi connectivity index (χ1n) is 5.18. The zero-order valence-corrected chi connectivity index (χ0v) is 9.69. The van der Waals surface area contributed by atoms with Crippen LogP contribution in [-0.2, 0) is 11.3 Å². The predicted octanol–water partition coefficient (Wildman–Crippen LogP) is 1.56. The summed E-state index contributed by atoms with van der Waals surface area (Å²) < 4.78 is 1.56. The number of hydrogen-bond donors (Lipinski definition) is 1. The van der Waals surface area contributed by atoms with Crippen LogP contribution in [0.3, 0.4) is 0 Å². The number of hydrogen-bond acceptors (Lipinski definition) is 3. The van der Waals surface area contributed by atoms with E-state index in [1.54, 1.807) is 4.68 Å². The third-order valence-corrected chi connectivity index (χ3v) is 1.90. The van der Waals surface area contributed by atoms with Crippen LogP contribution in [0.25, 0.3) is 0 Å². The van der Waals surface area contributed by atoms with E-state index in [2.05, 4.69) is 15.6 Å². The maximum absolute atomic E-state index is 11.4. The molecule has 0 fully saturated rings. The Morgan fingerprint density at radius 1 is 1.44 bits per heavy atom. The normalized spacial score (nSPS) is 10.4. The van der Waals surface area contributed by atoms with Crippen molar-refractivity contribution in [2.24, 2.45) is 0 Å². The van der Waals surface area contributed by atoms with Crippen molar-refractivity contribution in [1.29, 1.82) is 0 Å². The molecule has 5 nitrogen and oxygen atoms in total. The van der Waals surface area contributed by atoms with Crippen LogP contribution in [0, 0.1) is 0 Å². The van der Waals surface area contributed by atoms with Crippen molar-refractivity contribution in [1.82, 2.24) is 20.3 Å². The molecular weight excluding hydrogens is 204 g/mol. The molecule has 1 rings (SSSR count). The van der Waals surface area contributed by atoms with E-state index >= 15 is 0 Å². The number of amides is 1. The van der Waals surface area contributed by atoms with E-state index in [0.717, 1.165) is 5.69 Å². The third-order valence-electron chi connectivity index (χ3n) is 1.90. The average Bonchev–Trinajstić information content (AvgIpc) is 2.50. The van der Waals surface area contributed by atoms with Crippen molar-refractivity contribution in [3.63, 3.8) is 0 Å². The molecule has 0 aliphatic rings. The number of aromatic nitrogens is 3. The van der Waals surface area contributed by atoms with Gasteiger partial charge in [-0.2, -0.15) is 0 Å². The molecule has 0 bridgehead atoms. The maximum atomic E-state index is 11.4. The van der Waals surface area contributed by atoms with Crippen molar-refractivity contribution in [3.8, 4) is 0 Å². The zero-order chi connectivity index (χ0) is 11.4. The second-order valence-electron chi connectivity index (χ2n) is 4.22. The fourth-order valence-electron chi connectivity index (χ4n) is 1.17. The van der Waals surface area contributed by atoms with E-state index in [0.29, 0.717) is 5.92 Å². The van der Waals surface area contributed by atoms with Gasteiger partial charge >= 0.3 is 0 Å². The lowest BCUT2D eigenvalue weighted by Gasteiger charge is -2.07. The van der Waals surface area contributed by atoms with E-state index in [1.165, 1.54) is 0 Å². The first-order chi connectivity index (χ1) is 6.99. The Hall–Kier alpha value is -1.39.